The molecule has 17 heavy (non-hydrogen) atoms. The largest absolute Gasteiger partial charge is 0.374 e. The monoisotopic (exact) mass is 243 g/mol. The van der Waals surface area contributed by atoms with Gasteiger partial charge in [-0.1, -0.05) is 46.0 Å². The fraction of sp³-hybridized carbons (Fsp3) is 1.00. The number of unbranched alkanes of at least 4 members (excludes halogenated alkanes) is 4. The molecule has 2 unspecified atom stereocenters. The van der Waals surface area contributed by atoms with E-state index in [0.29, 0.717) is 12.2 Å². The van der Waals surface area contributed by atoms with Crippen LogP contribution in [-0.4, -0.2) is 25.3 Å². The molecule has 0 saturated carbocycles. The molecular formula is C15H33NO. The van der Waals surface area contributed by atoms with Crippen molar-refractivity contribution in [1.29, 1.82) is 0 Å². The van der Waals surface area contributed by atoms with Gasteiger partial charge in [0.05, 0.1) is 12.2 Å². The van der Waals surface area contributed by atoms with Gasteiger partial charge in [0.15, 0.2) is 0 Å². The Hall–Kier alpha value is -0.0800. The summed E-state index contributed by atoms with van der Waals surface area (Å²) in [6.07, 6.45) is 9.82. The molecular weight excluding hydrogens is 210 g/mol. The van der Waals surface area contributed by atoms with Crippen molar-refractivity contribution < 1.29 is 4.74 Å². The summed E-state index contributed by atoms with van der Waals surface area (Å²) < 4.78 is 5.95. The van der Waals surface area contributed by atoms with Crippen LogP contribution in [0.5, 0.6) is 0 Å². The van der Waals surface area contributed by atoms with E-state index >= 15 is 0 Å². The molecule has 0 aliphatic heterocycles. The lowest BCUT2D eigenvalue weighted by Gasteiger charge is -2.19. The van der Waals surface area contributed by atoms with Crippen molar-refractivity contribution >= 4 is 0 Å². The van der Waals surface area contributed by atoms with Crippen LogP contribution in [0.4, 0.5) is 0 Å². The summed E-state index contributed by atoms with van der Waals surface area (Å²) >= 11 is 0. The molecule has 1 N–H and O–H groups in total. The summed E-state index contributed by atoms with van der Waals surface area (Å²) in [5, 5.41) is 3.44. The van der Waals surface area contributed by atoms with Crippen molar-refractivity contribution in [3.05, 3.63) is 0 Å². The minimum absolute atomic E-state index is 0.341. The van der Waals surface area contributed by atoms with Gasteiger partial charge in [-0.3, -0.25) is 0 Å². The normalized spacial score (nSPS) is 14.8. The zero-order valence-electron chi connectivity index (χ0n) is 12.4. The van der Waals surface area contributed by atoms with Gasteiger partial charge in [0.25, 0.3) is 0 Å². The van der Waals surface area contributed by atoms with Crippen molar-refractivity contribution in [1.82, 2.24) is 5.32 Å². The molecule has 0 rings (SSSR count). The molecule has 0 amide bonds. The molecule has 2 atom stereocenters. The zero-order chi connectivity index (χ0) is 12.9. The predicted octanol–water partition coefficient (Wildman–Crippen LogP) is 4.14. The van der Waals surface area contributed by atoms with E-state index in [1.165, 1.54) is 44.9 Å². The molecule has 0 aromatic carbocycles. The van der Waals surface area contributed by atoms with E-state index in [1.54, 1.807) is 0 Å². The molecule has 2 nitrogen and oxygen atoms in total. The Balaban J connectivity index is 3.35. The second-order valence-corrected chi connectivity index (χ2v) is 5.16. The third-order valence-electron chi connectivity index (χ3n) is 3.07. The Bertz CT molecular complexity index is 134. The van der Waals surface area contributed by atoms with Gasteiger partial charge in [0.2, 0.25) is 0 Å². The third kappa shape index (κ3) is 12.2. The fourth-order valence-corrected chi connectivity index (χ4v) is 1.98. The molecule has 0 aliphatic carbocycles. The topological polar surface area (TPSA) is 21.3 Å². The Morgan fingerprint density at radius 3 is 2.24 bits per heavy atom. The van der Waals surface area contributed by atoms with Crippen molar-refractivity contribution in [2.24, 2.45) is 0 Å². The highest BCUT2D eigenvalue weighted by Gasteiger charge is 2.07. The van der Waals surface area contributed by atoms with E-state index in [9.17, 15) is 0 Å². The number of nitrogens with one attached hydrogen (secondary N) is 1. The molecule has 0 aromatic heterocycles. The first-order chi connectivity index (χ1) is 8.20. The van der Waals surface area contributed by atoms with Gasteiger partial charge in [-0.2, -0.15) is 0 Å². The molecule has 0 fully saturated rings. The number of hydrogen-bond donors (Lipinski definition) is 1. The summed E-state index contributed by atoms with van der Waals surface area (Å²) in [6, 6.07) is 0. The van der Waals surface area contributed by atoms with Crippen LogP contribution in [0.1, 0.15) is 72.6 Å². The van der Waals surface area contributed by atoms with Gasteiger partial charge in [-0.15, -0.1) is 0 Å². The van der Waals surface area contributed by atoms with Crippen LogP contribution in [0.2, 0.25) is 0 Å². The van der Waals surface area contributed by atoms with Crippen LogP contribution in [0, 0.1) is 0 Å². The van der Waals surface area contributed by atoms with E-state index in [4.69, 9.17) is 4.74 Å². The maximum Gasteiger partial charge on any atom is 0.0674 e. The smallest absolute Gasteiger partial charge is 0.0674 e. The second kappa shape index (κ2) is 12.4. The van der Waals surface area contributed by atoms with Crippen LogP contribution in [-0.2, 0) is 4.74 Å². The minimum atomic E-state index is 0.341. The Morgan fingerprint density at radius 1 is 0.882 bits per heavy atom. The second-order valence-electron chi connectivity index (χ2n) is 5.16. The maximum atomic E-state index is 5.95. The number of hydrogen-bond acceptors (Lipinski definition) is 2. The van der Waals surface area contributed by atoms with Crippen molar-refractivity contribution in [2.45, 2.75) is 84.8 Å². The van der Waals surface area contributed by atoms with E-state index in [2.05, 4.69) is 33.0 Å². The average Bonchev–Trinajstić information content (AvgIpc) is 2.30. The van der Waals surface area contributed by atoms with E-state index in [-0.39, 0.29) is 0 Å². The maximum absolute atomic E-state index is 5.95. The standard InChI is InChI=1S/C15H33NO/c1-5-7-9-10-11-14(3)17-15(4)13-16-12-8-6-2/h14-16H,5-13H2,1-4H3. The molecule has 0 aliphatic rings. The first kappa shape index (κ1) is 16.9. The zero-order valence-corrected chi connectivity index (χ0v) is 12.4. The van der Waals surface area contributed by atoms with Gasteiger partial charge in [0, 0.05) is 6.54 Å². The molecule has 2 heteroatoms. The molecule has 0 bridgehead atoms. The summed E-state index contributed by atoms with van der Waals surface area (Å²) in [5.41, 5.74) is 0. The Labute approximate surface area is 109 Å². The summed E-state index contributed by atoms with van der Waals surface area (Å²) in [5.74, 6) is 0. The summed E-state index contributed by atoms with van der Waals surface area (Å²) in [7, 11) is 0. The van der Waals surface area contributed by atoms with Crippen LogP contribution in [0.3, 0.4) is 0 Å². The first-order valence-electron chi connectivity index (χ1n) is 7.56. The summed E-state index contributed by atoms with van der Waals surface area (Å²) in [6.45, 7) is 11.0. The lowest BCUT2D eigenvalue weighted by molar-refractivity contribution is 0.00377. The van der Waals surface area contributed by atoms with Crippen molar-refractivity contribution in [3.63, 3.8) is 0 Å². The van der Waals surface area contributed by atoms with E-state index in [0.717, 1.165) is 13.1 Å². The Kier molecular flexibility index (Phi) is 12.3. The van der Waals surface area contributed by atoms with Gasteiger partial charge < -0.3 is 10.1 Å². The van der Waals surface area contributed by atoms with Gasteiger partial charge in [0.1, 0.15) is 0 Å². The SMILES string of the molecule is CCCCCCC(C)OC(C)CNCCCC. The molecule has 0 saturated heterocycles. The first-order valence-corrected chi connectivity index (χ1v) is 7.56. The number of ether oxygens (including phenoxy) is 1. The number of rotatable bonds is 12. The van der Waals surface area contributed by atoms with Crippen LogP contribution in [0.15, 0.2) is 0 Å². The molecule has 104 valence electrons. The molecule has 0 heterocycles. The highest BCUT2D eigenvalue weighted by atomic mass is 16.5. The lowest BCUT2D eigenvalue weighted by atomic mass is 10.1. The van der Waals surface area contributed by atoms with Crippen molar-refractivity contribution in [3.8, 4) is 0 Å². The van der Waals surface area contributed by atoms with Crippen LogP contribution in [0.25, 0.3) is 0 Å². The van der Waals surface area contributed by atoms with Gasteiger partial charge in [-0.25, -0.2) is 0 Å². The average molecular weight is 243 g/mol. The lowest BCUT2D eigenvalue weighted by Crippen LogP contribution is -2.30. The van der Waals surface area contributed by atoms with Crippen LogP contribution >= 0.6 is 0 Å². The van der Waals surface area contributed by atoms with Crippen LogP contribution < -0.4 is 5.32 Å². The van der Waals surface area contributed by atoms with E-state index in [1.807, 2.05) is 0 Å². The highest BCUT2D eigenvalue weighted by Crippen LogP contribution is 2.09. The fourth-order valence-electron chi connectivity index (χ4n) is 1.98. The molecule has 0 radical (unpaired) electrons. The molecule has 0 aromatic rings. The van der Waals surface area contributed by atoms with Gasteiger partial charge in [-0.05, 0) is 33.2 Å². The van der Waals surface area contributed by atoms with Crippen molar-refractivity contribution in [2.75, 3.05) is 13.1 Å². The third-order valence-corrected chi connectivity index (χ3v) is 3.07. The summed E-state index contributed by atoms with van der Waals surface area (Å²) in [4.78, 5) is 0. The minimum Gasteiger partial charge on any atom is -0.374 e. The quantitative estimate of drug-likeness (QED) is 0.520. The molecule has 0 spiro atoms. The van der Waals surface area contributed by atoms with Gasteiger partial charge >= 0.3 is 0 Å². The van der Waals surface area contributed by atoms with E-state index < -0.39 is 0 Å². The predicted molar refractivity (Wildman–Crippen MR) is 76.5 cm³/mol. The Morgan fingerprint density at radius 2 is 1.59 bits per heavy atom. The highest BCUT2D eigenvalue weighted by molar-refractivity contribution is 4.59.